The van der Waals surface area contributed by atoms with E-state index in [0.717, 1.165) is 25.7 Å². The fraction of sp³-hybridized carbons (Fsp3) is 1.00. The first-order valence-corrected chi connectivity index (χ1v) is 6.31. The molecule has 0 aromatic rings. The first-order chi connectivity index (χ1) is 7.25. The van der Waals surface area contributed by atoms with Crippen LogP contribution in [0.1, 0.15) is 26.7 Å². The zero-order valence-corrected chi connectivity index (χ0v) is 10.0. The predicted octanol–water partition coefficient (Wildman–Crippen LogP) is 1.10. The van der Waals surface area contributed by atoms with Crippen LogP contribution in [0.5, 0.6) is 0 Å². The van der Waals surface area contributed by atoms with Gasteiger partial charge >= 0.3 is 0 Å². The summed E-state index contributed by atoms with van der Waals surface area (Å²) in [6, 6.07) is 1.36. The molecule has 2 aliphatic rings. The van der Waals surface area contributed by atoms with E-state index in [0.29, 0.717) is 12.1 Å². The van der Waals surface area contributed by atoms with Gasteiger partial charge in [0, 0.05) is 31.8 Å². The van der Waals surface area contributed by atoms with Gasteiger partial charge in [0.15, 0.2) is 0 Å². The van der Waals surface area contributed by atoms with Gasteiger partial charge in [-0.25, -0.2) is 0 Å². The molecule has 15 heavy (non-hydrogen) atoms. The molecule has 1 N–H and O–H groups in total. The van der Waals surface area contributed by atoms with E-state index in [2.05, 4.69) is 24.1 Å². The van der Waals surface area contributed by atoms with Gasteiger partial charge in [-0.3, -0.25) is 4.90 Å². The molecule has 0 saturated carbocycles. The molecule has 0 aromatic carbocycles. The highest BCUT2D eigenvalue weighted by Crippen LogP contribution is 2.16. The third-order valence-corrected chi connectivity index (χ3v) is 3.63. The second-order valence-electron chi connectivity index (χ2n) is 5.22. The Hall–Kier alpha value is -0.120. The molecule has 0 spiro atoms. The van der Waals surface area contributed by atoms with Gasteiger partial charge in [0.2, 0.25) is 0 Å². The molecule has 0 aromatic heterocycles. The normalized spacial score (nSPS) is 40.0. The van der Waals surface area contributed by atoms with E-state index in [4.69, 9.17) is 4.74 Å². The van der Waals surface area contributed by atoms with Crippen molar-refractivity contribution < 1.29 is 4.74 Å². The Morgan fingerprint density at radius 2 is 2.13 bits per heavy atom. The summed E-state index contributed by atoms with van der Waals surface area (Å²) in [6.07, 6.45) is 2.50. The molecule has 2 heterocycles. The second kappa shape index (κ2) is 5.28. The zero-order chi connectivity index (χ0) is 10.7. The summed E-state index contributed by atoms with van der Waals surface area (Å²) in [4.78, 5) is 2.65. The Kier molecular flexibility index (Phi) is 4.00. The van der Waals surface area contributed by atoms with Crippen LogP contribution in [-0.4, -0.2) is 49.8 Å². The van der Waals surface area contributed by atoms with Crippen LogP contribution in [0.4, 0.5) is 0 Å². The summed E-state index contributed by atoms with van der Waals surface area (Å²) in [6.45, 7) is 10.2. The van der Waals surface area contributed by atoms with E-state index in [1.807, 2.05) is 0 Å². The lowest BCUT2D eigenvalue weighted by Gasteiger charge is -2.34. The molecule has 3 atom stereocenters. The molecular weight excluding hydrogens is 188 g/mol. The Morgan fingerprint density at radius 3 is 2.87 bits per heavy atom. The number of rotatable bonds is 1. The van der Waals surface area contributed by atoms with Crippen molar-refractivity contribution in [2.45, 2.75) is 38.8 Å². The lowest BCUT2D eigenvalue weighted by molar-refractivity contribution is 0.120. The Labute approximate surface area is 93.2 Å². The van der Waals surface area contributed by atoms with Gasteiger partial charge in [-0.15, -0.1) is 0 Å². The van der Waals surface area contributed by atoms with Crippen LogP contribution < -0.4 is 5.32 Å². The molecule has 2 fully saturated rings. The molecule has 0 amide bonds. The number of hydrogen-bond acceptors (Lipinski definition) is 3. The minimum atomic E-state index is 0.664. The van der Waals surface area contributed by atoms with Crippen LogP contribution in [-0.2, 0) is 4.74 Å². The summed E-state index contributed by atoms with van der Waals surface area (Å²) in [5, 5.41) is 3.59. The molecule has 3 heteroatoms. The monoisotopic (exact) mass is 212 g/mol. The second-order valence-corrected chi connectivity index (χ2v) is 5.22. The summed E-state index contributed by atoms with van der Waals surface area (Å²) in [5.74, 6) is 0.758. The van der Waals surface area contributed by atoms with Gasteiger partial charge < -0.3 is 10.1 Å². The van der Waals surface area contributed by atoms with Crippen molar-refractivity contribution in [1.29, 1.82) is 0 Å². The first-order valence-electron chi connectivity index (χ1n) is 6.31. The Morgan fingerprint density at radius 1 is 1.27 bits per heavy atom. The van der Waals surface area contributed by atoms with E-state index >= 15 is 0 Å². The average molecular weight is 212 g/mol. The van der Waals surface area contributed by atoms with Crippen molar-refractivity contribution in [2.24, 2.45) is 5.92 Å². The molecule has 2 aliphatic heterocycles. The number of nitrogens with zero attached hydrogens (tertiary/aromatic N) is 1. The number of nitrogens with one attached hydrogen (secondary N) is 1. The Bertz CT molecular complexity index is 192. The third kappa shape index (κ3) is 3.16. The highest BCUT2D eigenvalue weighted by molar-refractivity contribution is 4.81. The van der Waals surface area contributed by atoms with Crippen molar-refractivity contribution in [2.75, 3.05) is 32.8 Å². The van der Waals surface area contributed by atoms with Crippen molar-refractivity contribution in [3.05, 3.63) is 0 Å². The predicted molar refractivity (Wildman–Crippen MR) is 62.0 cm³/mol. The van der Waals surface area contributed by atoms with Crippen molar-refractivity contribution in [3.63, 3.8) is 0 Å². The molecule has 88 valence electrons. The molecule has 2 rings (SSSR count). The van der Waals surface area contributed by atoms with Gasteiger partial charge in [-0.05, 0) is 32.2 Å². The average Bonchev–Trinajstić information content (AvgIpc) is 2.71. The lowest BCUT2D eigenvalue weighted by Crippen LogP contribution is -2.46. The topological polar surface area (TPSA) is 24.5 Å². The summed E-state index contributed by atoms with van der Waals surface area (Å²) < 4.78 is 5.49. The SMILES string of the molecule is CC1CNC(C)CCN(C2CCOC2)C1. The van der Waals surface area contributed by atoms with Crippen LogP contribution in [0.15, 0.2) is 0 Å². The zero-order valence-electron chi connectivity index (χ0n) is 10.0. The van der Waals surface area contributed by atoms with E-state index in [1.165, 1.54) is 25.9 Å². The first kappa shape index (κ1) is 11.4. The largest absolute Gasteiger partial charge is 0.380 e. The number of hydrogen-bond donors (Lipinski definition) is 1. The molecular formula is C12H24N2O. The summed E-state index contributed by atoms with van der Waals surface area (Å²) in [7, 11) is 0. The molecule has 0 bridgehead atoms. The van der Waals surface area contributed by atoms with Gasteiger partial charge in [-0.2, -0.15) is 0 Å². The van der Waals surface area contributed by atoms with Crippen molar-refractivity contribution >= 4 is 0 Å². The fourth-order valence-electron chi connectivity index (χ4n) is 2.56. The van der Waals surface area contributed by atoms with Crippen LogP contribution in [0.3, 0.4) is 0 Å². The molecule has 0 aliphatic carbocycles. The minimum Gasteiger partial charge on any atom is -0.380 e. The highest BCUT2D eigenvalue weighted by Gasteiger charge is 2.25. The van der Waals surface area contributed by atoms with E-state index < -0.39 is 0 Å². The van der Waals surface area contributed by atoms with Crippen LogP contribution >= 0.6 is 0 Å². The quantitative estimate of drug-likeness (QED) is 0.704. The minimum absolute atomic E-state index is 0.664. The van der Waals surface area contributed by atoms with Gasteiger partial charge in [0.1, 0.15) is 0 Å². The summed E-state index contributed by atoms with van der Waals surface area (Å²) >= 11 is 0. The maximum atomic E-state index is 5.49. The molecule has 2 saturated heterocycles. The molecule has 0 radical (unpaired) electrons. The van der Waals surface area contributed by atoms with E-state index in [9.17, 15) is 0 Å². The maximum absolute atomic E-state index is 5.49. The fourth-order valence-corrected chi connectivity index (χ4v) is 2.56. The smallest absolute Gasteiger partial charge is 0.0622 e. The van der Waals surface area contributed by atoms with Crippen LogP contribution in [0.25, 0.3) is 0 Å². The molecule has 3 unspecified atom stereocenters. The van der Waals surface area contributed by atoms with Crippen LogP contribution in [0.2, 0.25) is 0 Å². The molecule has 3 nitrogen and oxygen atoms in total. The van der Waals surface area contributed by atoms with E-state index in [-0.39, 0.29) is 0 Å². The van der Waals surface area contributed by atoms with Gasteiger partial charge in [0.05, 0.1) is 6.61 Å². The van der Waals surface area contributed by atoms with Crippen LogP contribution in [0, 0.1) is 5.92 Å². The standard InChI is InChI=1S/C12H24N2O/c1-10-7-13-11(2)3-5-14(8-10)12-4-6-15-9-12/h10-13H,3-9H2,1-2H3. The Balaban J connectivity index is 1.90. The van der Waals surface area contributed by atoms with Gasteiger partial charge in [0.25, 0.3) is 0 Å². The van der Waals surface area contributed by atoms with Gasteiger partial charge in [-0.1, -0.05) is 6.92 Å². The van der Waals surface area contributed by atoms with Crippen molar-refractivity contribution in [1.82, 2.24) is 10.2 Å². The maximum Gasteiger partial charge on any atom is 0.0622 e. The van der Waals surface area contributed by atoms with E-state index in [1.54, 1.807) is 0 Å². The summed E-state index contributed by atoms with van der Waals surface area (Å²) in [5.41, 5.74) is 0. The third-order valence-electron chi connectivity index (χ3n) is 3.63. The lowest BCUT2D eigenvalue weighted by atomic mass is 10.0. The highest BCUT2D eigenvalue weighted by atomic mass is 16.5. The number of ether oxygens (including phenoxy) is 1. The van der Waals surface area contributed by atoms with Crippen molar-refractivity contribution in [3.8, 4) is 0 Å².